The summed E-state index contributed by atoms with van der Waals surface area (Å²) < 4.78 is 0. The van der Waals surface area contributed by atoms with Crippen LogP contribution in [0.1, 0.15) is 30.1 Å². The third-order valence-corrected chi connectivity index (χ3v) is 4.26. The number of Topliss-reactive ketones (excluding diaryl/α,β-unsaturated/α-hetero) is 1. The highest BCUT2D eigenvalue weighted by Crippen LogP contribution is 2.21. The van der Waals surface area contributed by atoms with Crippen LogP contribution in [0.15, 0.2) is 30.3 Å². The fraction of sp³-hybridized carbons (Fsp3) is 0.588. The van der Waals surface area contributed by atoms with Crippen molar-refractivity contribution in [2.24, 2.45) is 5.92 Å². The van der Waals surface area contributed by atoms with Crippen molar-refractivity contribution in [1.82, 2.24) is 9.80 Å². The summed E-state index contributed by atoms with van der Waals surface area (Å²) in [7, 11) is 4.27. The SMILES string of the molecule is CC(C(=O)c1ccccc1)N1CCC(CN(C)C)CC1. The summed E-state index contributed by atoms with van der Waals surface area (Å²) in [5, 5.41) is 0. The van der Waals surface area contributed by atoms with Crippen LogP contribution < -0.4 is 0 Å². The number of carbonyl (C=O) groups excluding carboxylic acids is 1. The van der Waals surface area contributed by atoms with Gasteiger partial charge in [-0.15, -0.1) is 0 Å². The number of carbonyl (C=O) groups is 1. The molecule has 1 heterocycles. The van der Waals surface area contributed by atoms with Crippen LogP contribution in [0.25, 0.3) is 0 Å². The summed E-state index contributed by atoms with van der Waals surface area (Å²) >= 11 is 0. The molecule has 1 fully saturated rings. The monoisotopic (exact) mass is 274 g/mol. The fourth-order valence-electron chi connectivity index (χ4n) is 3.05. The first kappa shape index (κ1) is 15.2. The first-order chi connectivity index (χ1) is 9.58. The molecule has 1 aromatic rings. The number of hydrogen-bond donors (Lipinski definition) is 0. The Morgan fingerprint density at radius 1 is 1.25 bits per heavy atom. The molecule has 0 bridgehead atoms. The van der Waals surface area contributed by atoms with Gasteiger partial charge in [0, 0.05) is 12.1 Å². The fourth-order valence-corrected chi connectivity index (χ4v) is 3.05. The Balaban J connectivity index is 1.88. The maximum atomic E-state index is 12.5. The molecule has 20 heavy (non-hydrogen) atoms. The van der Waals surface area contributed by atoms with Gasteiger partial charge in [-0.25, -0.2) is 0 Å². The van der Waals surface area contributed by atoms with Crippen molar-refractivity contribution in [3.63, 3.8) is 0 Å². The smallest absolute Gasteiger partial charge is 0.179 e. The first-order valence-electron chi connectivity index (χ1n) is 7.56. The Bertz CT molecular complexity index is 422. The van der Waals surface area contributed by atoms with Gasteiger partial charge >= 0.3 is 0 Å². The second-order valence-corrected chi connectivity index (χ2v) is 6.15. The molecule has 1 atom stereocenters. The van der Waals surface area contributed by atoms with Crippen molar-refractivity contribution in [1.29, 1.82) is 0 Å². The van der Waals surface area contributed by atoms with Crippen LogP contribution >= 0.6 is 0 Å². The highest BCUT2D eigenvalue weighted by Gasteiger charge is 2.27. The molecule has 0 aromatic heterocycles. The van der Waals surface area contributed by atoms with E-state index in [4.69, 9.17) is 0 Å². The molecule has 1 saturated heterocycles. The average Bonchev–Trinajstić information content (AvgIpc) is 2.47. The van der Waals surface area contributed by atoms with Gasteiger partial charge in [-0.2, -0.15) is 0 Å². The molecule has 1 aliphatic heterocycles. The highest BCUT2D eigenvalue weighted by atomic mass is 16.1. The molecule has 0 N–H and O–H groups in total. The molecule has 0 aliphatic carbocycles. The minimum Gasteiger partial charge on any atom is -0.309 e. The lowest BCUT2D eigenvalue weighted by molar-refractivity contribution is 0.0755. The maximum absolute atomic E-state index is 12.5. The molecule has 1 aromatic carbocycles. The van der Waals surface area contributed by atoms with E-state index in [9.17, 15) is 4.79 Å². The largest absolute Gasteiger partial charge is 0.309 e. The Morgan fingerprint density at radius 2 is 1.85 bits per heavy atom. The predicted molar refractivity (Wildman–Crippen MR) is 83.1 cm³/mol. The molecule has 3 heteroatoms. The lowest BCUT2D eigenvalue weighted by Gasteiger charge is -2.36. The maximum Gasteiger partial charge on any atom is 0.179 e. The number of rotatable bonds is 5. The Hall–Kier alpha value is -1.19. The molecule has 0 spiro atoms. The third-order valence-electron chi connectivity index (χ3n) is 4.26. The number of benzene rings is 1. The molecule has 0 radical (unpaired) electrons. The van der Waals surface area contributed by atoms with Gasteiger partial charge in [0.2, 0.25) is 0 Å². The summed E-state index contributed by atoms with van der Waals surface area (Å²) in [5.74, 6) is 1.02. The van der Waals surface area contributed by atoms with Crippen molar-refractivity contribution in [3.05, 3.63) is 35.9 Å². The summed E-state index contributed by atoms with van der Waals surface area (Å²) in [4.78, 5) is 17.1. The van der Waals surface area contributed by atoms with Crippen LogP contribution in [0.5, 0.6) is 0 Å². The number of hydrogen-bond acceptors (Lipinski definition) is 3. The zero-order chi connectivity index (χ0) is 14.5. The normalized spacial score (nSPS) is 19.2. The zero-order valence-electron chi connectivity index (χ0n) is 12.9. The van der Waals surface area contributed by atoms with Gasteiger partial charge < -0.3 is 4.90 Å². The molecule has 1 unspecified atom stereocenters. The summed E-state index contributed by atoms with van der Waals surface area (Å²) in [5.41, 5.74) is 0.829. The Kier molecular flexibility index (Phi) is 5.32. The van der Waals surface area contributed by atoms with E-state index >= 15 is 0 Å². The number of ketones is 1. The van der Waals surface area contributed by atoms with Crippen LogP contribution in [0.2, 0.25) is 0 Å². The van der Waals surface area contributed by atoms with E-state index in [0.29, 0.717) is 0 Å². The van der Waals surface area contributed by atoms with Crippen LogP contribution in [-0.2, 0) is 0 Å². The van der Waals surface area contributed by atoms with E-state index in [0.717, 1.165) is 31.1 Å². The molecule has 0 saturated carbocycles. The van der Waals surface area contributed by atoms with Crippen molar-refractivity contribution in [2.45, 2.75) is 25.8 Å². The van der Waals surface area contributed by atoms with E-state index in [1.54, 1.807) is 0 Å². The van der Waals surface area contributed by atoms with E-state index in [1.807, 2.05) is 37.3 Å². The number of likely N-dealkylation sites (tertiary alicyclic amines) is 1. The predicted octanol–water partition coefficient (Wildman–Crippen LogP) is 2.53. The van der Waals surface area contributed by atoms with Gasteiger partial charge in [0.05, 0.1) is 6.04 Å². The summed E-state index contributed by atoms with van der Waals surface area (Å²) in [6.07, 6.45) is 2.40. The van der Waals surface area contributed by atoms with Crippen LogP contribution in [0, 0.1) is 5.92 Å². The van der Waals surface area contributed by atoms with Gasteiger partial charge in [-0.1, -0.05) is 30.3 Å². The molecular weight excluding hydrogens is 248 g/mol. The van der Waals surface area contributed by atoms with E-state index in [2.05, 4.69) is 23.9 Å². The van der Waals surface area contributed by atoms with Crippen LogP contribution in [0.3, 0.4) is 0 Å². The van der Waals surface area contributed by atoms with Gasteiger partial charge in [0.1, 0.15) is 0 Å². The quantitative estimate of drug-likeness (QED) is 0.771. The minimum absolute atomic E-state index is 0.00212. The van der Waals surface area contributed by atoms with Crippen molar-refractivity contribution in [2.75, 3.05) is 33.7 Å². The lowest BCUT2D eigenvalue weighted by atomic mass is 9.94. The van der Waals surface area contributed by atoms with E-state index in [-0.39, 0.29) is 11.8 Å². The van der Waals surface area contributed by atoms with Crippen molar-refractivity contribution >= 4 is 5.78 Å². The van der Waals surface area contributed by atoms with Gasteiger partial charge in [0.25, 0.3) is 0 Å². The average molecular weight is 274 g/mol. The summed E-state index contributed by atoms with van der Waals surface area (Å²) in [6, 6.07) is 9.65. The molecule has 2 rings (SSSR count). The lowest BCUT2D eigenvalue weighted by Crippen LogP contribution is -2.45. The molecule has 1 aliphatic rings. The standard InChI is InChI=1S/C17H26N2O/c1-14(17(20)16-7-5-4-6-8-16)19-11-9-15(10-12-19)13-18(2)3/h4-8,14-15H,9-13H2,1-3H3. The zero-order valence-corrected chi connectivity index (χ0v) is 12.9. The van der Waals surface area contributed by atoms with Crippen LogP contribution in [-0.4, -0.2) is 55.4 Å². The molecule has 3 nitrogen and oxygen atoms in total. The van der Waals surface area contributed by atoms with E-state index in [1.165, 1.54) is 12.8 Å². The molecular formula is C17H26N2O. The van der Waals surface area contributed by atoms with Crippen molar-refractivity contribution in [3.8, 4) is 0 Å². The number of nitrogens with zero attached hydrogens (tertiary/aromatic N) is 2. The first-order valence-corrected chi connectivity index (χ1v) is 7.56. The van der Waals surface area contributed by atoms with Gasteiger partial charge in [0.15, 0.2) is 5.78 Å². The second-order valence-electron chi connectivity index (χ2n) is 6.15. The van der Waals surface area contributed by atoms with Gasteiger partial charge in [-0.3, -0.25) is 9.69 Å². The van der Waals surface area contributed by atoms with E-state index < -0.39 is 0 Å². The molecule has 0 amide bonds. The molecule has 110 valence electrons. The highest BCUT2D eigenvalue weighted by molar-refractivity contribution is 5.99. The van der Waals surface area contributed by atoms with Crippen LogP contribution in [0.4, 0.5) is 0 Å². The Labute approximate surface area is 122 Å². The summed E-state index contributed by atoms with van der Waals surface area (Å²) in [6.45, 7) is 5.28. The third kappa shape index (κ3) is 3.90. The van der Waals surface area contributed by atoms with Gasteiger partial charge in [-0.05, 0) is 52.9 Å². The van der Waals surface area contributed by atoms with Crippen molar-refractivity contribution < 1.29 is 4.79 Å². The Morgan fingerprint density at radius 3 is 2.40 bits per heavy atom. The topological polar surface area (TPSA) is 23.6 Å². The second kappa shape index (κ2) is 7.00. The minimum atomic E-state index is -0.00212. The number of piperidine rings is 1.